The first-order chi connectivity index (χ1) is 14.4. The van der Waals surface area contributed by atoms with Gasteiger partial charge in [-0.15, -0.1) is 22.7 Å². The number of carboxylic acids is 1. The largest absolute Gasteiger partial charge is 0.506 e. The molecule has 3 aromatic rings. The Bertz CT molecular complexity index is 1160. The molecule has 0 radical (unpaired) electrons. The fraction of sp³-hybridized carbons (Fsp3) is 0.227. The molecule has 0 bridgehead atoms. The molecular weight excluding hydrogens is 420 g/mol. The van der Waals surface area contributed by atoms with Crippen LogP contribution in [0.2, 0.25) is 0 Å². The molecule has 154 valence electrons. The van der Waals surface area contributed by atoms with Crippen molar-refractivity contribution in [3.63, 3.8) is 0 Å². The van der Waals surface area contributed by atoms with E-state index in [1.165, 1.54) is 47.4 Å². The smallest absolute Gasteiger partial charge is 0.345 e. The van der Waals surface area contributed by atoms with Crippen LogP contribution >= 0.6 is 22.7 Å². The molecule has 1 aliphatic rings. The summed E-state index contributed by atoms with van der Waals surface area (Å²) < 4.78 is 0. The number of aryl methyl sites for hydroxylation is 2. The van der Waals surface area contributed by atoms with Crippen molar-refractivity contribution in [2.24, 2.45) is 5.10 Å². The molecule has 2 heterocycles. The molecule has 3 N–H and O–H groups in total. The number of carbonyl (C=O) groups excluding carboxylic acids is 1. The van der Waals surface area contributed by atoms with Gasteiger partial charge in [0.05, 0.1) is 21.0 Å². The maximum absolute atomic E-state index is 12.2. The standard InChI is InChI=1S/C22H20N2O4S2/c1-12(23-24-21(26)17-8-9-18(30-17)22(27)28)16-11-29-20(19(16)25)15-7-6-13-4-2-3-5-14(13)10-15/h6-11,25H,2-5H2,1H3,(H,24,26)(H,27,28)/b23-12+. The average molecular weight is 441 g/mol. The van der Waals surface area contributed by atoms with Gasteiger partial charge in [-0.2, -0.15) is 5.10 Å². The fourth-order valence-electron chi connectivity index (χ4n) is 3.51. The molecule has 1 amide bonds. The van der Waals surface area contributed by atoms with Gasteiger partial charge in [0.15, 0.2) is 0 Å². The minimum Gasteiger partial charge on any atom is -0.506 e. The van der Waals surface area contributed by atoms with Crippen molar-refractivity contribution < 1.29 is 19.8 Å². The van der Waals surface area contributed by atoms with E-state index in [1.54, 1.807) is 6.92 Å². The van der Waals surface area contributed by atoms with Gasteiger partial charge < -0.3 is 10.2 Å². The zero-order valence-electron chi connectivity index (χ0n) is 16.3. The van der Waals surface area contributed by atoms with Crippen LogP contribution in [0.1, 0.15) is 55.8 Å². The van der Waals surface area contributed by atoms with Gasteiger partial charge in [0.25, 0.3) is 5.91 Å². The van der Waals surface area contributed by atoms with Crippen molar-refractivity contribution >= 4 is 40.3 Å². The first-order valence-corrected chi connectivity index (χ1v) is 11.2. The van der Waals surface area contributed by atoms with Gasteiger partial charge in [-0.05, 0) is 67.5 Å². The van der Waals surface area contributed by atoms with Crippen LogP contribution in [0.4, 0.5) is 0 Å². The Morgan fingerprint density at radius 2 is 1.80 bits per heavy atom. The number of nitrogens with zero attached hydrogens (tertiary/aromatic N) is 1. The van der Waals surface area contributed by atoms with Crippen molar-refractivity contribution in [1.82, 2.24) is 5.43 Å². The molecule has 1 aromatic carbocycles. The second kappa shape index (κ2) is 8.41. The Hall–Kier alpha value is -2.97. The van der Waals surface area contributed by atoms with Crippen molar-refractivity contribution in [2.75, 3.05) is 0 Å². The lowest BCUT2D eigenvalue weighted by Gasteiger charge is -2.16. The maximum Gasteiger partial charge on any atom is 0.345 e. The second-order valence-corrected chi connectivity index (χ2v) is 9.09. The second-order valence-electron chi connectivity index (χ2n) is 7.12. The maximum atomic E-state index is 12.2. The van der Waals surface area contributed by atoms with Gasteiger partial charge in [-0.25, -0.2) is 10.2 Å². The van der Waals surface area contributed by atoms with E-state index in [-0.39, 0.29) is 15.5 Å². The fourth-order valence-corrected chi connectivity index (χ4v) is 5.25. The summed E-state index contributed by atoms with van der Waals surface area (Å²) in [5, 5.41) is 25.6. The highest BCUT2D eigenvalue weighted by Crippen LogP contribution is 2.40. The Morgan fingerprint density at radius 1 is 1.07 bits per heavy atom. The molecule has 6 nitrogen and oxygen atoms in total. The SMILES string of the molecule is C/C(=N\NC(=O)c1ccc(C(=O)O)s1)c1csc(-c2ccc3c(c2)CCCC3)c1O. The van der Waals surface area contributed by atoms with Gasteiger partial charge in [-0.3, -0.25) is 4.79 Å². The highest BCUT2D eigenvalue weighted by atomic mass is 32.1. The Balaban J connectivity index is 1.52. The van der Waals surface area contributed by atoms with Gasteiger partial charge >= 0.3 is 5.97 Å². The molecule has 0 spiro atoms. The topological polar surface area (TPSA) is 99.0 Å². The highest BCUT2D eigenvalue weighted by Gasteiger charge is 2.18. The number of aromatic hydroxyl groups is 1. The van der Waals surface area contributed by atoms with Crippen molar-refractivity contribution in [3.8, 4) is 16.2 Å². The number of hydrogen-bond acceptors (Lipinski definition) is 6. The van der Waals surface area contributed by atoms with Crippen LogP contribution in [0.3, 0.4) is 0 Å². The summed E-state index contributed by atoms with van der Waals surface area (Å²) in [5.74, 6) is -1.41. The van der Waals surface area contributed by atoms with E-state index in [0.29, 0.717) is 11.3 Å². The number of carboxylic acid groups (broad SMARTS) is 1. The van der Waals surface area contributed by atoms with E-state index in [4.69, 9.17) is 5.11 Å². The summed E-state index contributed by atoms with van der Waals surface area (Å²) in [5.41, 5.74) is 7.18. The van der Waals surface area contributed by atoms with E-state index in [9.17, 15) is 14.7 Å². The lowest BCUT2D eigenvalue weighted by molar-refractivity contribution is 0.0702. The van der Waals surface area contributed by atoms with Crippen LogP contribution in [0.25, 0.3) is 10.4 Å². The third-order valence-electron chi connectivity index (χ3n) is 5.13. The lowest BCUT2D eigenvalue weighted by Crippen LogP contribution is -2.18. The number of hydrazone groups is 1. The predicted molar refractivity (Wildman–Crippen MR) is 119 cm³/mol. The van der Waals surface area contributed by atoms with Crippen LogP contribution in [0, 0.1) is 0 Å². The Morgan fingerprint density at radius 3 is 2.53 bits per heavy atom. The number of benzene rings is 1. The van der Waals surface area contributed by atoms with Crippen molar-refractivity contribution in [3.05, 3.63) is 62.2 Å². The van der Waals surface area contributed by atoms with Crippen LogP contribution < -0.4 is 5.43 Å². The van der Waals surface area contributed by atoms with E-state index in [1.807, 2.05) is 11.4 Å². The number of nitrogens with one attached hydrogen (secondary N) is 1. The summed E-state index contributed by atoms with van der Waals surface area (Å²) in [7, 11) is 0. The summed E-state index contributed by atoms with van der Waals surface area (Å²) in [6, 6.07) is 9.19. The number of fused-ring (bicyclic) bond motifs is 1. The predicted octanol–water partition coefficient (Wildman–Crippen LogP) is 4.91. The molecule has 0 fully saturated rings. The normalized spacial score (nSPS) is 13.7. The van der Waals surface area contributed by atoms with Crippen molar-refractivity contribution in [2.45, 2.75) is 32.6 Å². The van der Waals surface area contributed by atoms with Crippen LogP contribution in [-0.4, -0.2) is 27.8 Å². The van der Waals surface area contributed by atoms with E-state index in [0.717, 1.165) is 34.6 Å². The third kappa shape index (κ3) is 4.01. The molecule has 0 saturated carbocycles. The molecule has 0 atom stereocenters. The molecule has 0 aliphatic heterocycles. The zero-order valence-corrected chi connectivity index (χ0v) is 17.9. The van der Waals surface area contributed by atoms with E-state index in [2.05, 4.69) is 22.7 Å². The summed E-state index contributed by atoms with van der Waals surface area (Å²) in [6.45, 7) is 1.70. The number of hydrogen-bond donors (Lipinski definition) is 3. The highest BCUT2D eigenvalue weighted by molar-refractivity contribution is 7.15. The molecule has 8 heteroatoms. The Labute approximate surface area is 181 Å². The molecule has 1 aliphatic carbocycles. The quantitative estimate of drug-likeness (QED) is 0.388. The van der Waals surface area contributed by atoms with Gasteiger partial charge in [0.2, 0.25) is 0 Å². The Kier molecular flexibility index (Phi) is 5.69. The number of carbonyl (C=O) groups is 2. The molecular formula is C22H20N2O4S2. The minimum atomic E-state index is -1.07. The lowest BCUT2D eigenvalue weighted by atomic mass is 9.90. The number of thiophene rings is 2. The zero-order chi connectivity index (χ0) is 21.3. The van der Waals surface area contributed by atoms with E-state index < -0.39 is 11.9 Å². The van der Waals surface area contributed by atoms with Gasteiger partial charge in [-0.1, -0.05) is 12.1 Å². The molecule has 0 unspecified atom stereocenters. The summed E-state index contributed by atoms with van der Waals surface area (Å²) in [6.07, 6.45) is 4.61. The minimum absolute atomic E-state index is 0.0889. The third-order valence-corrected chi connectivity index (χ3v) is 7.22. The summed E-state index contributed by atoms with van der Waals surface area (Å²) in [4.78, 5) is 24.3. The first kappa shape index (κ1) is 20.3. The monoisotopic (exact) mass is 440 g/mol. The molecule has 0 saturated heterocycles. The van der Waals surface area contributed by atoms with Crippen LogP contribution in [-0.2, 0) is 12.8 Å². The molecule has 4 rings (SSSR count). The summed E-state index contributed by atoms with van der Waals surface area (Å²) >= 11 is 2.32. The van der Waals surface area contributed by atoms with Crippen LogP contribution in [0.5, 0.6) is 5.75 Å². The van der Waals surface area contributed by atoms with Crippen LogP contribution in [0.15, 0.2) is 40.8 Å². The van der Waals surface area contributed by atoms with Crippen molar-refractivity contribution in [1.29, 1.82) is 0 Å². The van der Waals surface area contributed by atoms with Gasteiger partial charge in [0.1, 0.15) is 10.6 Å². The number of rotatable bonds is 5. The number of aromatic carboxylic acids is 1. The molecule has 30 heavy (non-hydrogen) atoms. The number of amides is 1. The average Bonchev–Trinajstić information content (AvgIpc) is 3.39. The van der Waals surface area contributed by atoms with Gasteiger partial charge in [0, 0.05) is 5.38 Å². The molecule has 2 aromatic heterocycles. The van der Waals surface area contributed by atoms with E-state index >= 15 is 0 Å². The first-order valence-electron chi connectivity index (χ1n) is 9.55.